The van der Waals surface area contributed by atoms with Gasteiger partial charge in [0.25, 0.3) is 5.91 Å². The fourth-order valence-electron chi connectivity index (χ4n) is 4.35. The van der Waals surface area contributed by atoms with E-state index in [1.54, 1.807) is 48.3 Å². The summed E-state index contributed by atoms with van der Waals surface area (Å²) in [7, 11) is 3.17. The molecule has 2 aromatic carbocycles. The van der Waals surface area contributed by atoms with Crippen LogP contribution in [0.15, 0.2) is 54.6 Å². The Balaban J connectivity index is 1.46. The van der Waals surface area contributed by atoms with E-state index in [1.165, 1.54) is 0 Å². The van der Waals surface area contributed by atoms with Crippen LogP contribution in [0.4, 0.5) is 10.5 Å². The average molecular weight is 475 g/mol. The lowest BCUT2D eigenvalue weighted by atomic mass is 10.0. The molecule has 3 heterocycles. The summed E-state index contributed by atoms with van der Waals surface area (Å²) in [5.74, 6) is 1.58. The number of hydrogen-bond donors (Lipinski definition) is 1. The fraction of sp³-hybridized carbons (Fsp3) is 0.269. The quantitative estimate of drug-likeness (QED) is 0.610. The van der Waals surface area contributed by atoms with Gasteiger partial charge in [0.05, 0.1) is 26.5 Å². The lowest BCUT2D eigenvalue weighted by molar-refractivity contribution is 0.0733. The number of ether oxygens (including phenoxy) is 3. The summed E-state index contributed by atoms with van der Waals surface area (Å²) in [6, 6.07) is 16.4. The Bertz CT molecular complexity index is 1280. The number of pyridine rings is 1. The van der Waals surface area contributed by atoms with Gasteiger partial charge >= 0.3 is 6.03 Å². The number of anilines is 1. The lowest BCUT2D eigenvalue weighted by Gasteiger charge is -2.21. The molecule has 2 aliphatic heterocycles. The molecule has 0 bridgehead atoms. The van der Waals surface area contributed by atoms with E-state index in [2.05, 4.69) is 10.3 Å². The second-order valence-corrected chi connectivity index (χ2v) is 8.24. The Hall–Kier alpha value is -4.27. The molecule has 0 saturated carbocycles. The average Bonchev–Trinajstić information content (AvgIpc) is 3.21. The van der Waals surface area contributed by atoms with Gasteiger partial charge in [-0.2, -0.15) is 0 Å². The molecular weight excluding hydrogens is 448 g/mol. The van der Waals surface area contributed by atoms with Gasteiger partial charge in [-0.05, 0) is 36.4 Å². The van der Waals surface area contributed by atoms with E-state index < -0.39 is 0 Å². The minimum atomic E-state index is -0.155. The lowest BCUT2D eigenvalue weighted by Crippen LogP contribution is -2.33. The smallest absolute Gasteiger partial charge is 0.321 e. The predicted octanol–water partition coefficient (Wildman–Crippen LogP) is 3.33. The minimum Gasteiger partial charge on any atom is -0.493 e. The van der Waals surface area contributed by atoms with Crippen molar-refractivity contribution in [2.75, 3.05) is 45.4 Å². The summed E-state index contributed by atoms with van der Waals surface area (Å²) in [4.78, 5) is 33.5. The molecule has 0 spiro atoms. The maximum absolute atomic E-state index is 13.5. The van der Waals surface area contributed by atoms with Gasteiger partial charge in [0.1, 0.15) is 6.61 Å². The molecule has 3 amide bonds. The predicted molar refractivity (Wildman–Crippen MR) is 130 cm³/mol. The van der Waals surface area contributed by atoms with Crippen LogP contribution in [-0.4, -0.2) is 62.3 Å². The molecule has 180 valence electrons. The highest BCUT2D eigenvalue weighted by Gasteiger charge is 2.26. The van der Waals surface area contributed by atoms with Crippen LogP contribution in [0.1, 0.15) is 15.9 Å². The second kappa shape index (κ2) is 9.54. The number of carbonyl (C=O) groups excluding carboxylic acids is 2. The van der Waals surface area contributed by atoms with Crippen molar-refractivity contribution in [3.05, 3.63) is 65.7 Å². The van der Waals surface area contributed by atoms with Gasteiger partial charge in [-0.25, -0.2) is 9.78 Å². The standard InChI is InChI=1S/C26H26N4O5/c1-33-22-15-18(21-7-4-8-23(28-21)34-2)13-19-16-29(11-12-35-24(19)22)25(31)17-5-3-6-20(14-17)30-10-9-27-26(30)32/h3-8,13-15H,9-12,16H2,1-2H3,(H,27,32). The Morgan fingerprint density at radius 2 is 1.91 bits per heavy atom. The Labute approximate surface area is 203 Å². The van der Waals surface area contributed by atoms with Crippen molar-refractivity contribution < 1.29 is 23.8 Å². The highest BCUT2D eigenvalue weighted by Crippen LogP contribution is 2.38. The van der Waals surface area contributed by atoms with Gasteiger partial charge in [0.15, 0.2) is 11.5 Å². The highest BCUT2D eigenvalue weighted by molar-refractivity contribution is 5.98. The first-order chi connectivity index (χ1) is 17.1. The highest BCUT2D eigenvalue weighted by atomic mass is 16.5. The molecule has 9 nitrogen and oxygen atoms in total. The number of urea groups is 1. The number of carbonyl (C=O) groups is 2. The zero-order chi connectivity index (χ0) is 24.4. The molecule has 0 atom stereocenters. The summed E-state index contributed by atoms with van der Waals surface area (Å²) in [6.45, 7) is 2.25. The van der Waals surface area contributed by atoms with Crippen molar-refractivity contribution in [3.63, 3.8) is 0 Å². The number of nitrogens with one attached hydrogen (secondary N) is 1. The summed E-state index contributed by atoms with van der Waals surface area (Å²) >= 11 is 0. The number of amides is 3. The first kappa shape index (κ1) is 22.5. The maximum atomic E-state index is 13.5. The van der Waals surface area contributed by atoms with Gasteiger partial charge in [0.2, 0.25) is 5.88 Å². The molecule has 0 radical (unpaired) electrons. The molecule has 1 aromatic heterocycles. The van der Waals surface area contributed by atoms with Crippen molar-refractivity contribution in [2.45, 2.75) is 6.54 Å². The number of rotatable bonds is 5. The van der Waals surface area contributed by atoms with Crippen LogP contribution in [0.3, 0.4) is 0 Å². The zero-order valence-electron chi connectivity index (χ0n) is 19.6. The second-order valence-electron chi connectivity index (χ2n) is 8.24. The molecule has 1 fully saturated rings. The third-order valence-corrected chi connectivity index (χ3v) is 6.10. The van der Waals surface area contributed by atoms with E-state index in [4.69, 9.17) is 14.2 Å². The van der Waals surface area contributed by atoms with E-state index >= 15 is 0 Å². The van der Waals surface area contributed by atoms with Crippen LogP contribution in [0.25, 0.3) is 11.3 Å². The number of fused-ring (bicyclic) bond motifs is 1. The monoisotopic (exact) mass is 474 g/mol. The number of methoxy groups -OCH3 is 2. The molecule has 1 saturated heterocycles. The van der Waals surface area contributed by atoms with Crippen molar-refractivity contribution >= 4 is 17.6 Å². The van der Waals surface area contributed by atoms with E-state index in [1.807, 2.05) is 30.3 Å². The van der Waals surface area contributed by atoms with Gasteiger partial charge in [-0.1, -0.05) is 12.1 Å². The Morgan fingerprint density at radius 3 is 2.69 bits per heavy atom. The normalized spacial score (nSPS) is 15.1. The molecule has 9 heteroatoms. The Kier molecular flexibility index (Phi) is 6.13. The van der Waals surface area contributed by atoms with Crippen molar-refractivity contribution in [1.29, 1.82) is 0 Å². The minimum absolute atomic E-state index is 0.133. The van der Waals surface area contributed by atoms with Crippen LogP contribution < -0.4 is 24.4 Å². The molecule has 0 unspecified atom stereocenters. The van der Waals surface area contributed by atoms with E-state index in [0.29, 0.717) is 61.4 Å². The van der Waals surface area contributed by atoms with Crippen LogP contribution in [-0.2, 0) is 6.54 Å². The third-order valence-electron chi connectivity index (χ3n) is 6.10. The van der Waals surface area contributed by atoms with Crippen LogP contribution in [0.5, 0.6) is 17.4 Å². The van der Waals surface area contributed by atoms with Gasteiger partial charge < -0.3 is 24.4 Å². The van der Waals surface area contributed by atoms with Crippen LogP contribution >= 0.6 is 0 Å². The molecule has 3 aromatic rings. The van der Waals surface area contributed by atoms with Crippen molar-refractivity contribution in [2.24, 2.45) is 0 Å². The summed E-state index contributed by atoms with van der Waals surface area (Å²) in [6.07, 6.45) is 0. The maximum Gasteiger partial charge on any atom is 0.321 e. The van der Waals surface area contributed by atoms with E-state index in [-0.39, 0.29) is 11.9 Å². The molecular formula is C26H26N4O5. The molecule has 2 aliphatic rings. The van der Waals surface area contributed by atoms with Gasteiger partial charge in [-0.3, -0.25) is 9.69 Å². The fourth-order valence-corrected chi connectivity index (χ4v) is 4.35. The Morgan fingerprint density at radius 1 is 1.06 bits per heavy atom. The summed E-state index contributed by atoms with van der Waals surface area (Å²) in [5, 5.41) is 2.79. The number of benzene rings is 2. The van der Waals surface area contributed by atoms with E-state index in [9.17, 15) is 9.59 Å². The molecule has 5 rings (SSSR count). The largest absolute Gasteiger partial charge is 0.493 e. The van der Waals surface area contributed by atoms with E-state index in [0.717, 1.165) is 16.8 Å². The molecule has 0 aliphatic carbocycles. The topological polar surface area (TPSA) is 93.2 Å². The number of hydrogen-bond acceptors (Lipinski definition) is 6. The summed E-state index contributed by atoms with van der Waals surface area (Å²) in [5.41, 5.74) is 3.60. The third kappa shape index (κ3) is 4.44. The molecule has 1 N–H and O–H groups in total. The van der Waals surface area contributed by atoms with Crippen LogP contribution in [0, 0.1) is 0 Å². The first-order valence-corrected chi connectivity index (χ1v) is 11.4. The zero-order valence-corrected chi connectivity index (χ0v) is 19.6. The van der Waals surface area contributed by atoms with Crippen LogP contribution in [0.2, 0.25) is 0 Å². The van der Waals surface area contributed by atoms with Gasteiger partial charge in [0, 0.05) is 48.1 Å². The van der Waals surface area contributed by atoms with Crippen molar-refractivity contribution in [1.82, 2.24) is 15.2 Å². The summed E-state index contributed by atoms with van der Waals surface area (Å²) < 4.78 is 16.9. The number of nitrogens with zero attached hydrogens (tertiary/aromatic N) is 3. The van der Waals surface area contributed by atoms with Gasteiger partial charge in [-0.15, -0.1) is 0 Å². The SMILES string of the molecule is COc1cccc(-c2cc3c(c(OC)c2)OCCN(C(=O)c2cccc(N4CCNC4=O)c2)C3)n1. The first-order valence-electron chi connectivity index (χ1n) is 11.4. The van der Waals surface area contributed by atoms with Crippen molar-refractivity contribution in [3.8, 4) is 28.6 Å². The molecule has 35 heavy (non-hydrogen) atoms. The number of aromatic nitrogens is 1.